The average Bonchev–Trinajstić information content (AvgIpc) is 3.12. The van der Waals surface area contributed by atoms with E-state index >= 15 is 0 Å². The Kier molecular flexibility index (Phi) is 5.23. The van der Waals surface area contributed by atoms with E-state index in [2.05, 4.69) is 6.07 Å². The highest BCUT2D eigenvalue weighted by Gasteiger charge is 2.54. The first-order valence-electron chi connectivity index (χ1n) is 9.92. The lowest BCUT2D eigenvalue weighted by Crippen LogP contribution is -2.62. The second-order valence-electron chi connectivity index (χ2n) is 8.56. The monoisotopic (exact) mass is 386 g/mol. The van der Waals surface area contributed by atoms with E-state index in [-0.39, 0.29) is 30.4 Å². The van der Waals surface area contributed by atoms with Crippen LogP contribution in [-0.4, -0.2) is 35.5 Å². The highest BCUT2D eigenvalue weighted by molar-refractivity contribution is 7.07. The van der Waals surface area contributed by atoms with Gasteiger partial charge < -0.3 is 9.64 Å². The molecule has 6 heteroatoms. The topological polar surface area (TPSA) is 70.4 Å². The van der Waals surface area contributed by atoms with Gasteiger partial charge in [-0.3, -0.25) is 9.59 Å². The van der Waals surface area contributed by atoms with E-state index in [1.165, 1.54) is 30.6 Å². The highest BCUT2D eigenvalue weighted by atomic mass is 32.1. The van der Waals surface area contributed by atoms with Crippen LogP contribution in [0.3, 0.4) is 0 Å². The largest absolute Gasteiger partial charge is 0.455 e. The van der Waals surface area contributed by atoms with Gasteiger partial charge in [-0.1, -0.05) is 0 Å². The van der Waals surface area contributed by atoms with Crippen molar-refractivity contribution in [3.63, 3.8) is 0 Å². The van der Waals surface area contributed by atoms with Crippen molar-refractivity contribution in [1.29, 1.82) is 5.26 Å². The summed E-state index contributed by atoms with van der Waals surface area (Å²) in [7, 11) is 0. The molecule has 4 bridgehead atoms. The number of rotatable bonds is 7. The van der Waals surface area contributed by atoms with Gasteiger partial charge in [0.1, 0.15) is 0 Å². The Bertz CT molecular complexity index is 702. The Morgan fingerprint density at radius 3 is 2.44 bits per heavy atom. The van der Waals surface area contributed by atoms with Gasteiger partial charge >= 0.3 is 5.97 Å². The van der Waals surface area contributed by atoms with Crippen LogP contribution in [0.4, 0.5) is 0 Å². The highest BCUT2D eigenvalue weighted by Crippen LogP contribution is 2.57. The van der Waals surface area contributed by atoms with Gasteiger partial charge in [-0.15, -0.1) is 0 Å². The molecule has 0 saturated heterocycles. The zero-order valence-corrected chi connectivity index (χ0v) is 16.4. The lowest BCUT2D eigenvalue weighted by molar-refractivity contribution is -0.161. The minimum absolute atomic E-state index is 0.109. The van der Waals surface area contributed by atoms with Gasteiger partial charge in [0.2, 0.25) is 0 Å². The number of nitriles is 1. The normalized spacial score (nSPS) is 30.7. The first-order valence-corrected chi connectivity index (χ1v) is 10.9. The molecular formula is C21H26N2O3S. The summed E-state index contributed by atoms with van der Waals surface area (Å²) in [6.07, 6.45) is 7.60. The van der Waals surface area contributed by atoms with Gasteiger partial charge in [-0.2, -0.15) is 16.6 Å². The number of amides is 1. The van der Waals surface area contributed by atoms with Crippen molar-refractivity contribution in [3.8, 4) is 6.07 Å². The molecule has 1 aromatic rings. The summed E-state index contributed by atoms with van der Waals surface area (Å²) in [4.78, 5) is 27.0. The molecular weight excluding hydrogens is 360 g/mol. The predicted molar refractivity (Wildman–Crippen MR) is 102 cm³/mol. The van der Waals surface area contributed by atoms with Crippen LogP contribution in [0, 0.1) is 29.1 Å². The molecule has 27 heavy (non-hydrogen) atoms. The van der Waals surface area contributed by atoms with Crippen molar-refractivity contribution in [1.82, 2.24) is 4.90 Å². The maximum absolute atomic E-state index is 13.0. The van der Waals surface area contributed by atoms with Gasteiger partial charge in [-0.25, -0.2) is 0 Å². The molecule has 5 rings (SSSR count). The second-order valence-corrected chi connectivity index (χ2v) is 9.34. The third kappa shape index (κ3) is 3.89. The van der Waals surface area contributed by atoms with Crippen LogP contribution in [0.15, 0.2) is 16.8 Å². The summed E-state index contributed by atoms with van der Waals surface area (Å²) in [5, 5.41) is 12.9. The Labute approximate surface area is 164 Å². The Morgan fingerprint density at radius 2 is 1.89 bits per heavy atom. The van der Waals surface area contributed by atoms with E-state index in [0.717, 1.165) is 42.6 Å². The van der Waals surface area contributed by atoms with E-state index in [0.29, 0.717) is 13.0 Å². The average molecular weight is 387 g/mol. The number of esters is 1. The zero-order chi connectivity index (χ0) is 18.9. The van der Waals surface area contributed by atoms with Crippen LogP contribution in [-0.2, 0) is 20.7 Å². The molecule has 0 radical (unpaired) electrons. The number of nitrogens with zero attached hydrogens (tertiary/aromatic N) is 2. The maximum Gasteiger partial charge on any atom is 0.310 e. The number of thiophene rings is 1. The molecule has 4 saturated carbocycles. The first kappa shape index (κ1) is 18.5. The van der Waals surface area contributed by atoms with Crippen LogP contribution in [0.5, 0.6) is 0 Å². The molecule has 4 fully saturated rings. The van der Waals surface area contributed by atoms with Gasteiger partial charge in [-0.05, 0) is 78.7 Å². The summed E-state index contributed by atoms with van der Waals surface area (Å²) >= 11 is 1.54. The third-order valence-corrected chi connectivity index (χ3v) is 7.34. The zero-order valence-electron chi connectivity index (χ0n) is 15.6. The summed E-state index contributed by atoms with van der Waals surface area (Å²) < 4.78 is 5.29. The number of hydrogen-bond acceptors (Lipinski definition) is 5. The molecule has 4 aliphatic carbocycles. The summed E-state index contributed by atoms with van der Waals surface area (Å²) in [6.45, 7) is 0.236. The van der Waals surface area contributed by atoms with Crippen molar-refractivity contribution in [3.05, 3.63) is 22.4 Å². The Hall–Kier alpha value is -1.87. The van der Waals surface area contributed by atoms with E-state index in [4.69, 9.17) is 10.00 Å². The number of carbonyl (C=O) groups excluding carboxylic acids is 2. The van der Waals surface area contributed by atoms with Crippen molar-refractivity contribution in [2.24, 2.45) is 17.8 Å². The first-order chi connectivity index (χ1) is 13.1. The third-order valence-electron chi connectivity index (χ3n) is 6.61. The molecule has 144 valence electrons. The van der Waals surface area contributed by atoms with Crippen molar-refractivity contribution < 1.29 is 14.3 Å². The second kappa shape index (κ2) is 7.63. The molecule has 1 heterocycles. The van der Waals surface area contributed by atoms with Gasteiger partial charge in [0.15, 0.2) is 6.61 Å². The predicted octanol–water partition coefficient (Wildman–Crippen LogP) is 3.54. The van der Waals surface area contributed by atoms with E-state index in [9.17, 15) is 9.59 Å². The quantitative estimate of drug-likeness (QED) is 0.672. The lowest BCUT2D eigenvalue weighted by Gasteiger charge is -2.60. The maximum atomic E-state index is 13.0. The van der Waals surface area contributed by atoms with Crippen molar-refractivity contribution >= 4 is 23.2 Å². The van der Waals surface area contributed by atoms with Crippen LogP contribution < -0.4 is 0 Å². The fourth-order valence-corrected chi connectivity index (χ4v) is 6.68. The summed E-state index contributed by atoms with van der Waals surface area (Å²) in [5.41, 5.74) is 0.808. The van der Waals surface area contributed by atoms with Gasteiger partial charge in [0.05, 0.1) is 18.9 Å². The van der Waals surface area contributed by atoms with Crippen LogP contribution in [0.2, 0.25) is 0 Å². The molecule has 0 N–H and O–H groups in total. The molecule has 0 unspecified atom stereocenters. The van der Waals surface area contributed by atoms with Gasteiger partial charge in [0.25, 0.3) is 5.91 Å². The number of hydrogen-bond donors (Lipinski definition) is 0. The molecule has 0 aromatic carbocycles. The molecule has 0 atom stereocenters. The van der Waals surface area contributed by atoms with Crippen LogP contribution in [0.1, 0.15) is 50.5 Å². The minimum Gasteiger partial charge on any atom is -0.455 e. The van der Waals surface area contributed by atoms with E-state index < -0.39 is 0 Å². The molecule has 0 aliphatic heterocycles. The Balaban J connectivity index is 1.41. The Morgan fingerprint density at radius 1 is 1.22 bits per heavy atom. The lowest BCUT2D eigenvalue weighted by atomic mass is 9.52. The van der Waals surface area contributed by atoms with Crippen LogP contribution in [0.25, 0.3) is 0 Å². The number of ether oxygens (including phenoxy) is 1. The fourth-order valence-electron chi connectivity index (χ4n) is 6.01. The minimum atomic E-state index is -0.368. The molecule has 0 spiro atoms. The van der Waals surface area contributed by atoms with Crippen molar-refractivity contribution in [2.75, 3.05) is 13.2 Å². The summed E-state index contributed by atoms with van der Waals surface area (Å²) in [5.74, 6) is 1.65. The van der Waals surface area contributed by atoms with E-state index in [1.807, 2.05) is 21.7 Å². The smallest absolute Gasteiger partial charge is 0.310 e. The number of carbonyl (C=O) groups is 2. The van der Waals surface area contributed by atoms with Crippen LogP contribution >= 0.6 is 11.3 Å². The standard InChI is InChI=1S/C21H26N2O3S/c22-3-1-4-23(19(24)13-26-20(25)9-15-2-5-27-14-15)21-10-16-6-17(11-21)8-18(7-16)12-21/h2,5,14,16-18H,1,4,6-13H2. The molecule has 4 aliphatic rings. The SMILES string of the molecule is N#CCCN(C(=O)COC(=O)Cc1ccsc1)C12CC3CC(CC(C3)C1)C2. The molecule has 1 aromatic heterocycles. The van der Waals surface area contributed by atoms with E-state index in [1.54, 1.807) is 0 Å². The molecule has 1 amide bonds. The fraction of sp³-hybridized carbons (Fsp3) is 0.667. The van der Waals surface area contributed by atoms with Gasteiger partial charge in [0, 0.05) is 12.1 Å². The molecule has 5 nitrogen and oxygen atoms in total. The van der Waals surface area contributed by atoms with Crippen molar-refractivity contribution in [2.45, 2.75) is 56.9 Å². The summed E-state index contributed by atoms with van der Waals surface area (Å²) in [6, 6.07) is 4.07.